The minimum Gasteiger partial charge on any atom is -0.321 e. The van der Waals surface area contributed by atoms with Crippen LogP contribution >= 0.6 is 11.3 Å². The van der Waals surface area contributed by atoms with Gasteiger partial charge in [0.05, 0.1) is 4.92 Å². The van der Waals surface area contributed by atoms with E-state index in [1.807, 2.05) is 17.5 Å². The summed E-state index contributed by atoms with van der Waals surface area (Å²) < 4.78 is 0. The Hall–Kier alpha value is -2.98. The van der Waals surface area contributed by atoms with Crippen molar-refractivity contribution in [2.45, 2.75) is 0 Å². The summed E-state index contributed by atoms with van der Waals surface area (Å²) in [5, 5.41) is 24.0. The molecule has 1 aromatic heterocycles. The van der Waals surface area contributed by atoms with Gasteiger partial charge in [0, 0.05) is 22.7 Å². The second-order valence-electron chi connectivity index (χ2n) is 3.95. The molecule has 0 spiro atoms. The number of carbonyl (C=O) groups is 1. The zero-order valence-electron chi connectivity index (χ0n) is 10.6. The minimum absolute atomic E-state index is 0.0658. The summed E-state index contributed by atoms with van der Waals surface area (Å²) in [4.78, 5) is 22.9. The Morgan fingerprint density at radius 2 is 2.19 bits per heavy atom. The van der Waals surface area contributed by atoms with Crippen LogP contribution in [0.15, 0.2) is 47.4 Å². The van der Waals surface area contributed by atoms with Crippen LogP contribution in [0, 0.1) is 21.4 Å². The van der Waals surface area contributed by atoms with E-state index >= 15 is 0 Å². The molecule has 0 radical (unpaired) electrons. The molecule has 0 atom stereocenters. The Balaban J connectivity index is 2.19. The molecule has 6 nitrogen and oxygen atoms in total. The quantitative estimate of drug-likeness (QED) is 0.406. The van der Waals surface area contributed by atoms with Gasteiger partial charge in [-0.25, -0.2) is 0 Å². The molecule has 7 heteroatoms. The molecule has 1 N–H and O–H groups in total. The maximum absolute atomic E-state index is 12.0. The van der Waals surface area contributed by atoms with E-state index in [-0.39, 0.29) is 16.9 Å². The molecule has 2 aromatic rings. The smallest absolute Gasteiger partial charge is 0.271 e. The van der Waals surface area contributed by atoms with E-state index in [0.29, 0.717) is 0 Å². The van der Waals surface area contributed by atoms with Gasteiger partial charge in [0.15, 0.2) is 0 Å². The van der Waals surface area contributed by atoms with E-state index in [1.165, 1.54) is 41.7 Å². The molecule has 1 amide bonds. The zero-order chi connectivity index (χ0) is 15.2. The van der Waals surface area contributed by atoms with Crippen LogP contribution in [0.3, 0.4) is 0 Å². The lowest BCUT2D eigenvalue weighted by atomic mass is 10.2. The number of nitro benzene ring substituents is 1. The van der Waals surface area contributed by atoms with Crippen LogP contribution in [0.25, 0.3) is 6.08 Å². The number of nitriles is 1. The number of hydrogen-bond donors (Lipinski definition) is 1. The van der Waals surface area contributed by atoms with Gasteiger partial charge < -0.3 is 5.32 Å². The number of benzene rings is 1. The normalized spacial score (nSPS) is 10.7. The lowest BCUT2D eigenvalue weighted by molar-refractivity contribution is -0.384. The van der Waals surface area contributed by atoms with E-state index in [1.54, 1.807) is 6.07 Å². The highest BCUT2D eigenvalue weighted by Gasteiger charge is 2.12. The predicted molar refractivity (Wildman–Crippen MR) is 79.6 cm³/mol. The number of hydrogen-bond acceptors (Lipinski definition) is 5. The molecule has 1 aromatic carbocycles. The van der Waals surface area contributed by atoms with Crippen LogP contribution in [0.1, 0.15) is 4.88 Å². The van der Waals surface area contributed by atoms with E-state index in [9.17, 15) is 14.9 Å². The van der Waals surface area contributed by atoms with E-state index < -0.39 is 10.8 Å². The van der Waals surface area contributed by atoms with E-state index in [0.717, 1.165) is 4.88 Å². The molecule has 0 aliphatic carbocycles. The fourth-order valence-electron chi connectivity index (χ4n) is 1.56. The lowest BCUT2D eigenvalue weighted by Gasteiger charge is -2.03. The van der Waals surface area contributed by atoms with Crippen molar-refractivity contribution in [3.05, 3.63) is 62.3 Å². The summed E-state index contributed by atoms with van der Waals surface area (Å²) in [6.07, 6.45) is 1.47. The van der Waals surface area contributed by atoms with Gasteiger partial charge in [-0.15, -0.1) is 11.3 Å². The van der Waals surface area contributed by atoms with E-state index in [4.69, 9.17) is 5.26 Å². The molecule has 0 unspecified atom stereocenters. The van der Waals surface area contributed by atoms with Gasteiger partial charge in [-0.2, -0.15) is 5.26 Å². The van der Waals surface area contributed by atoms with Crippen LogP contribution < -0.4 is 5.32 Å². The van der Waals surface area contributed by atoms with Crippen molar-refractivity contribution in [2.24, 2.45) is 0 Å². The predicted octanol–water partition coefficient (Wildman–Crippen LogP) is 3.20. The molecule has 0 fully saturated rings. The molecular formula is C14H9N3O3S. The number of nitro groups is 1. The van der Waals surface area contributed by atoms with Gasteiger partial charge in [-0.05, 0) is 23.6 Å². The highest BCUT2D eigenvalue weighted by atomic mass is 32.1. The Kier molecular flexibility index (Phi) is 4.43. The van der Waals surface area contributed by atoms with E-state index in [2.05, 4.69) is 5.32 Å². The Morgan fingerprint density at radius 1 is 1.38 bits per heavy atom. The average molecular weight is 299 g/mol. The Bertz CT molecular complexity index is 745. The highest BCUT2D eigenvalue weighted by molar-refractivity contribution is 7.10. The standard InChI is InChI=1S/C14H9N3O3S/c15-9-10(7-13-5-2-6-21-13)14(18)16-11-3-1-4-12(8-11)17(19)20/h1-8H,(H,16,18). The van der Waals surface area contributed by atoms with Crippen molar-refractivity contribution in [1.29, 1.82) is 5.26 Å². The number of nitrogens with one attached hydrogen (secondary N) is 1. The maximum atomic E-state index is 12.0. The fraction of sp³-hybridized carbons (Fsp3) is 0. The molecule has 104 valence electrons. The largest absolute Gasteiger partial charge is 0.321 e. The van der Waals surface area contributed by atoms with Gasteiger partial charge in [-0.1, -0.05) is 12.1 Å². The summed E-state index contributed by atoms with van der Waals surface area (Å²) >= 11 is 1.40. The van der Waals surface area contributed by atoms with Crippen LogP contribution in [-0.4, -0.2) is 10.8 Å². The van der Waals surface area contributed by atoms with Gasteiger partial charge >= 0.3 is 0 Å². The summed E-state index contributed by atoms with van der Waals surface area (Å²) in [7, 11) is 0. The maximum Gasteiger partial charge on any atom is 0.271 e. The van der Waals surface area contributed by atoms with Crippen molar-refractivity contribution >= 4 is 34.7 Å². The van der Waals surface area contributed by atoms with Crippen molar-refractivity contribution in [3.8, 4) is 6.07 Å². The third-order valence-electron chi connectivity index (χ3n) is 2.51. The summed E-state index contributed by atoms with van der Waals surface area (Å²) in [6.45, 7) is 0. The van der Waals surface area contributed by atoms with Gasteiger partial charge in [-0.3, -0.25) is 14.9 Å². The Morgan fingerprint density at radius 3 is 2.81 bits per heavy atom. The zero-order valence-corrected chi connectivity index (χ0v) is 11.5. The van der Waals surface area contributed by atoms with Crippen molar-refractivity contribution in [1.82, 2.24) is 0 Å². The lowest BCUT2D eigenvalue weighted by Crippen LogP contribution is -2.13. The molecule has 0 aliphatic heterocycles. The van der Waals surface area contributed by atoms with Gasteiger partial charge in [0.1, 0.15) is 11.6 Å². The van der Waals surface area contributed by atoms with Crippen molar-refractivity contribution in [2.75, 3.05) is 5.32 Å². The number of rotatable bonds is 4. The first kappa shape index (κ1) is 14.4. The van der Waals surface area contributed by atoms with Gasteiger partial charge in [0.2, 0.25) is 0 Å². The SMILES string of the molecule is N#CC(=Cc1cccs1)C(=O)Nc1cccc([N+](=O)[O-])c1. The van der Waals surface area contributed by atoms with Crippen LogP contribution in [0.2, 0.25) is 0 Å². The Labute approximate surface area is 124 Å². The minimum atomic E-state index is -0.605. The third-order valence-corrected chi connectivity index (χ3v) is 3.33. The second-order valence-corrected chi connectivity index (χ2v) is 4.93. The number of non-ortho nitro benzene ring substituents is 1. The number of anilines is 1. The number of thiophene rings is 1. The molecule has 21 heavy (non-hydrogen) atoms. The fourth-order valence-corrected chi connectivity index (χ4v) is 2.22. The molecule has 0 saturated carbocycles. The first-order chi connectivity index (χ1) is 10.1. The summed E-state index contributed by atoms with van der Waals surface area (Å²) in [5.74, 6) is -0.605. The summed E-state index contributed by atoms with van der Waals surface area (Å²) in [6, 6.07) is 10.9. The molecule has 2 rings (SSSR count). The second kappa shape index (κ2) is 6.45. The molecular weight excluding hydrogens is 290 g/mol. The number of amides is 1. The van der Waals surface area contributed by atoms with Crippen molar-refractivity contribution in [3.63, 3.8) is 0 Å². The molecule has 0 bridgehead atoms. The van der Waals surface area contributed by atoms with Crippen LogP contribution in [-0.2, 0) is 4.79 Å². The first-order valence-corrected chi connectivity index (χ1v) is 6.69. The monoisotopic (exact) mass is 299 g/mol. The molecule has 0 saturated heterocycles. The first-order valence-electron chi connectivity index (χ1n) is 5.81. The average Bonchev–Trinajstić information content (AvgIpc) is 2.97. The summed E-state index contributed by atoms with van der Waals surface area (Å²) in [5.41, 5.74) is 0.0685. The van der Waals surface area contributed by atoms with Crippen LogP contribution in [0.4, 0.5) is 11.4 Å². The van der Waals surface area contributed by atoms with Crippen molar-refractivity contribution < 1.29 is 9.72 Å². The van der Waals surface area contributed by atoms with Gasteiger partial charge in [0.25, 0.3) is 11.6 Å². The molecule has 0 aliphatic rings. The number of nitrogens with zero attached hydrogens (tertiary/aromatic N) is 2. The number of carbonyl (C=O) groups excluding carboxylic acids is 1. The molecule has 1 heterocycles. The highest BCUT2D eigenvalue weighted by Crippen LogP contribution is 2.18. The topological polar surface area (TPSA) is 96.0 Å². The third kappa shape index (κ3) is 3.75. The van der Waals surface area contributed by atoms with Crippen LogP contribution in [0.5, 0.6) is 0 Å².